The van der Waals surface area contributed by atoms with E-state index in [4.69, 9.17) is 0 Å². The summed E-state index contributed by atoms with van der Waals surface area (Å²) in [5, 5.41) is 0. The van der Waals surface area contributed by atoms with Crippen molar-refractivity contribution in [3.63, 3.8) is 0 Å². The average Bonchev–Trinajstić information content (AvgIpc) is 3.10. The second-order valence-electron chi connectivity index (χ2n) is 5.51. The van der Waals surface area contributed by atoms with Crippen molar-refractivity contribution >= 4 is 5.78 Å². The molecule has 3 aliphatic carbocycles. The van der Waals surface area contributed by atoms with E-state index in [1.807, 2.05) is 12.1 Å². The van der Waals surface area contributed by atoms with Crippen molar-refractivity contribution in [2.24, 2.45) is 5.41 Å². The van der Waals surface area contributed by atoms with Crippen LogP contribution in [-0.2, 0) is 5.41 Å². The Morgan fingerprint density at radius 1 is 1.00 bits per heavy atom. The van der Waals surface area contributed by atoms with Crippen molar-refractivity contribution in [2.45, 2.75) is 37.5 Å². The fourth-order valence-electron chi connectivity index (χ4n) is 3.73. The molecule has 3 aliphatic rings. The molecule has 0 amide bonds. The van der Waals surface area contributed by atoms with Crippen LogP contribution in [0.1, 0.15) is 48.0 Å². The van der Waals surface area contributed by atoms with Gasteiger partial charge in [0, 0.05) is 17.4 Å². The van der Waals surface area contributed by atoms with Gasteiger partial charge in [-0.3, -0.25) is 4.79 Å². The minimum absolute atomic E-state index is 0.389. The van der Waals surface area contributed by atoms with E-state index >= 15 is 0 Å². The van der Waals surface area contributed by atoms with Gasteiger partial charge in [-0.25, -0.2) is 0 Å². The van der Waals surface area contributed by atoms with Gasteiger partial charge in [0.05, 0.1) is 0 Å². The summed E-state index contributed by atoms with van der Waals surface area (Å²) in [7, 11) is 0. The monoisotopic (exact) mass is 198 g/mol. The van der Waals surface area contributed by atoms with Gasteiger partial charge in [-0.2, -0.15) is 0 Å². The number of hydrogen-bond donors (Lipinski definition) is 0. The number of carbonyl (C=O) groups excluding carboxylic acids is 1. The topological polar surface area (TPSA) is 17.1 Å². The first-order valence-corrected chi connectivity index (χ1v) is 5.90. The normalized spacial score (nSPS) is 27.9. The van der Waals surface area contributed by atoms with Crippen LogP contribution < -0.4 is 0 Å². The van der Waals surface area contributed by atoms with E-state index in [1.54, 1.807) is 0 Å². The van der Waals surface area contributed by atoms with Crippen molar-refractivity contribution in [1.29, 1.82) is 0 Å². The van der Waals surface area contributed by atoms with Crippen LogP contribution in [-0.4, -0.2) is 5.78 Å². The molecule has 2 saturated carbocycles. The zero-order valence-electron chi connectivity index (χ0n) is 8.75. The Morgan fingerprint density at radius 3 is 2.40 bits per heavy atom. The number of hydrogen-bond acceptors (Lipinski definition) is 1. The summed E-state index contributed by atoms with van der Waals surface area (Å²) in [6.45, 7) is 0. The molecule has 1 nitrogen and oxygen atoms in total. The molecule has 2 fully saturated rings. The molecule has 1 heteroatoms. The Morgan fingerprint density at radius 2 is 1.73 bits per heavy atom. The molecule has 0 N–H and O–H groups in total. The first-order valence-electron chi connectivity index (χ1n) is 5.90. The zero-order chi connectivity index (χ0) is 10.1. The van der Waals surface area contributed by atoms with Gasteiger partial charge in [0.1, 0.15) is 0 Å². The van der Waals surface area contributed by atoms with Crippen LogP contribution in [0.5, 0.6) is 0 Å². The maximum atomic E-state index is 12.1. The van der Waals surface area contributed by atoms with Crippen molar-refractivity contribution < 1.29 is 4.79 Å². The first-order chi connectivity index (χ1) is 7.28. The Kier molecular flexibility index (Phi) is 1.18. The molecule has 15 heavy (non-hydrogen) atoms. The lowest BCUT2D eigenvalue weighted by Gasteiger charge is -2.33. The van der Waals surface area contributed by atoms with Gasteiger partial charge in [-0.05, 0) is 36.7 Å². The predicted octanol–water partition coefficient (Wildman–Crippen LogP) is 3.08. The van der Waals surface area contributed by atoms with Crippen LogP contribution >= 0.6 is 0 Å². The third-order valence-electron chi connectivity index (χ3n) is 4.86. The maximum absolute atomic E-state index is 12.1. The maximum Gasteiger partial charge on any atom is 0.163 e. The lowest BCUT2D eigenvalue weighted by atomic mass is 9.69. The molecular formula is C14H14O. The zero-order valence-corrected chi connectivity index (χ0v) is 8.75. The molecule has 0 radical (unpaired) electrons. The number of carbonyl (C=O) groups is 1. The number of Topliss-reactive ketones (excluding diaryl/α,β-unsaturated/α-hetero) is 1. The fraction of sp³-hybridized carbons (Fsp3) is 0.500. The van der Waals surface area contributed by atoms with Crippen molar-refractivity contribution in [1.82, 2.24) is 0 Å². The number of rotatable bonds is 0. The van der Waals surface area contributed by atoms with E-state index in [0.29, 0.717) is 16.6 Å². The molecule has 2 spiro atoms. The van der Waals surface area contributed by atoms with Crippen LogP contribution in [0.2, 0.25) is 0 Å². The Bertz CT molecular complexity index is 464. The van der Waals surface area contributed by atoms with Crippen LogP contribution in [0.3, 0.4) is 0 Å². The number of benzene rings is 1. The first kappa shape index (κ1) is 8.09. The lowest BCUT2D eigenvalue weighted by molar-refractivity contribution is 0.0918. The fourth-order valence-corrected chi connectivity index (χ4v) is 3.73. The van der Waals surface area contributed by atoms with Gasteiger partial charge in [0.15, 0.2) is 5.78 Å². The van der Waals surface area contributed by atoms with Crippen molar-refractivity contribution in [3.8, 4) is 0 Å². The van der Waals surface area contributed by atoms with Gasteiger partial charge in [-0.1, -0.05) is 24.3 Å². The summed E-state index contributed by atoms with van der Waals surface area (Å²) in [6.07, 6.45) is 6.03. The van der Waals surface area contributed by atoms with Crippen LogP contribution in [0.15, 0.2) is 24.3 Å². The third kappa shape index (κ3) is 0.794. The van der Waals surface area contributed by atoms with Crippen LogP contribution in [0.25, 0.3) is 0 Å². The summed E-state index contributed by atoms with van der Waals surface area (Å²) < 4.78 is 0. The predicted molar refractivity (Wildman–Crippen MR) is 58.0 cm³/mol. The largest absolute Gasteiger partial charge is 0.294 e. The van der Waals surface area contributed by atoms with Gasteiger partial charge in [0.25, 0.3) is 0 Å². The highest BCUT2D eigenvalue weighted by molar-refractivity contribution is 6.00. The van der Waals surface area contributed by atoms with Gasteiger partial charge < -0.3 is 0 Å². The lowest BCUT2D eigenvalue weighted by Crippen LogP contribution is -2.32. The SMILES string of the molecule is O=C1CC2(CC2)C2(CC2)c2ccccc21. The molecule has 0 saturated heterocycles. The summed E-state index contributed by atoms with van der Waals surface area (Å²) in [5.74, 6) is 0.389. The molecule has 0 atom stereocenters. The number of fused-ring (bicyclic) bond motifs is 3. The van der Waals surface area contributed by atoms with E-state index in [0.717, 1.165) is 12.0 Å². The second kappa shape index (κ2) is 2.18. The Hall–Kier alpha value is -1.11. The molecule has 1 aromatic carbocycles. The van der Waals surface area contributed by atoms with Crippen molar-refractivity contribution in [2.75, 3.05) is 0 Å². The molecule has 0 aromatic heterocycles. The summed E-state index contributed by atoms with van der Waals surface area (Å²) in [6, 6.07) is 8.30. The molecule has 4 rings (SSSR count). The van der Waals surface area contributed by atoms with Crippen LogP contribution in [0.4, 0.5) is 0 Å². The average molecular weight is 198 g/mol. The Balaban J connectivity index is 1.99. The molecule has 0 unspecified atom stereocenters. The van der Waals surface area contributed by atoms with Gasteiger partial charge in [0.2, 0.25) is 0 Å². The minimum Gasteiger partial charge on any atom is -0.294 e. The van der Waals surface area contributed by atoms with E-state index in [2.05, 4.69) is 12.1 Å². The molecule has 0 heterocycles. The standard InChI is InChI=1S/C14H14O/c15-12-9-13(5-6-13)14(7-8-14)11-4-2-1-3-10(11)12/h1-4H,5-9H2. The highest BCUT2D eigenvalue weighted by Gasteiger charge is 2.68. The molecule has 0 bridgehead atoms. The van der Waals surface area contributed by atoms with E-state index < -0.39 is 0 Å². The van der Waals surface area contributed by atoms with Gasteiger partial charge in [-0.15, -0.1) is 0 Å². The molecule has 0 aliphatic heterocycles. The third-order valence-corrected chi connectivity index (χ3v) is 4.86. The second-order valence-corrected chi connectivity index (χ2v) is 5.51. The van der Waals surface area contributed by atoms with Gasteiger partial charge >= 0.3 is 0 Å². The molecule has 76 valence electrons. The summed E-state index contributed by atoms with van der Waals surface area (Å²) in [4.78, 5) is 12.1. The van der Waals surface area contributed by atoms with Crippen LogP contribution in [0, 0.1) is 5.41 Å². The minimum atomic E-state index is 0.389. The number of ketones is 1. The van der Waals surface area contributed by atoms with E-state index in [1.165, 1.54) is 31.2 Å². The molecule has 1 aromatic rings. The van der Waals surface area contributed by atoms with Crippen molar-refractivity contribution in [3.05, 3.63) is 35.4 Å². The Labute approximate surface area is 89.5 Å². The van der Waals surface area contributed by atoms with E-state index in [9.17, 15) is 4.79 Å². The highest BCUT2D eigenvalue weighted by Crippen LogP contribution is 2.74. The highest BCUT2D eigenvalue weighted by atomic mass is 16.1. The summed E-state index contributed by atoms with van der Waals surface area (Å²) in [5.41, 5.74) is 3.22. The van der Waals surface area contributed by atoms with E-state index in [-0.39, 0.29) is 0 Å². The smallest absolute Gasteiger partial charge is 0.163 e. The molecular weight excluding hydrogens is 184 g/mol. The summed E-state index contributed by atoms with van der Waals surface area (Å²) >= 11 is 0. The quantitative estimate of drug-likeness (QED) is 0.626.